The van der Waals surface area contributed by atoms with E-state index in [-0.39, 0.29) is 29.7 Å². The highest BCUT2D eigenvalue weighted by molar-refractivity contribution is 7.13. The van der Waals surface area contributed by atoms with Crippen molar-refractivity contribution in [2.45, 2.75) is 43.9 Å². The van der Waals surface area contributed by atoms with E-state index >= 15 is 0 Å². The van der Waals surface area contributed by atoms with Gasteiger partial charge < -0.3 is 14.4 Å². The summed E-state index contributed by atoms with van der Waals surface area (Å²) in [4.78, 5) is 27.0. The summed E-state index contributed by atoms with van der Waals surface area (Å²) in [6.45, 7) is 2.18. The van der Waals surface area contributed by atoms with Gasteiger partial charge in [0.1, 0.15) is 6.54 Å². The third kappa shape index (κ3) is 3.08. The monoisotopic (exact) mass is 376 g/mol. The number of ether oxygens (including phenoxy) is 2. The van der Waals surface area contributed by atoms with Gasteiger partial charge in [0.05, 0.1) is 21.8 Å². The smallest absolute Gasteiger partial charge is 0.268 e. The molecule has 2 fully saturated rings. The highest BCUT2D eigenvalue weighted by Crippen LogP contribution is 2.36. The molecule has 1 amide bonds. The fraction of sp³-hybridized carbons (Fsp3) is 0.579. The van der Waals surface area contributed by atoms with Crippen molar-refractivity contribution in [2.75, 3.05) is 26.8 Å². The molecule has 1 atom stereocenters. The number of nitrogens with zero attached hydrogens (tertiary/aromatic N) is 2. The molecule has 2 aromatic rings. The summed E-state index contributed by atoms with van der Waals surface area (Å²) in [7, 11) is 1.74. The fourth-order valence-electron chi connectivity index (χ4n) is 4.18. The molecule has 3 heterocycles. The number of hydrogen-bond acceptors (Lipinski definition) is 5. The molecule has 0 radical (unpaired) electrons. The summed E-state index contributed by atoms with van der Waals surface area (Å²) < 4.78 is 14.2. The van der Waals surface area contributed by atoms with Crippen molar-refractivity contribution in [3.8, 4) is 0 Å². The van der Waals surface area contributed by atoms with Gasteiger partial charge in [-0.2, -0.15) is 0 Å². The van der Waals surface area contributed by atoms with Crippen LogP contribution in [0.25, 0.3) is 10.1 Å². The quantitative estimate of drug-likeness (QED) is 0.824. The lowest BCUT2D eigenvalue weighted by Gasteiger charge is -2.48. The summed E-state index contributed by atoms with van der Waals surface area (Å²) in [6, 6.07) is 7.48. The maximum atomic E-state index is 12.7. The van der Waals surface area contributed by atoms with E-state index in [1.807, 2.05) is 29.2 Å². The number of methoxy groups -OCH3 is 1. The zero-order valence-corrected chi connectivity index (χ0v) is 15.8. The van der Waals surface area contributed by atoms with Gasteiger partial charge in [0.25, 0.3) is 5.56 Å². The molecule has 0 unspecified atom stereocenters. The van der Waals surface area contributed by atoms with Crippen molar-refractivity contribution in [3.05, 3.63) is 34.6 Å². The van der Waals surface area contributed by atoms with Gasteiger partial charge in [-0.25, -0.2) is 0 Å². The minimum Gasteiger partial charge on any atom is -0.378 e. The number of likely N-dealkylation sites (tertiary alicyclic amines) is 1. The number of piperidine rings is 1. The lowest BCUT2D eigenvalue weighted by Crippen LogP contribution is -2.57. The van der Waals surface area contributed by atoms with E-state index in [1.54, 1.807) is 11.1 Å². The molecule has 0 N–H and O–H groups in total. The Bertz CT molecular complexity index is 851. The Labute approximate surface area is 156 Å². The van der Waals surface area contributed by atoms with Crippen molar-refractivity contribution in [1.29, 1.82) is 0 Å². The second kappa shape index (κ2) is 7.13. The van der Waals surface area contributed by atoms with Crippen LogP contribution >= 0.6 is 11.5 Å². The molecule has 2 saturated heterocycles. The Hall–Kier alpha value is -1.70. The van der Waals surface area contributed by atoms with Crippen molar-refractivity contribution < 1.29 is 14.3 Å². The van der Waals surface area contributed by atoms with Gasteiger partial charge in [0.15, 0.2) is 0 Å². The summed E-state index contributed by atoms with van der Waals surface area (Å²) in [5.74, 6) is -0.00159. The molecule has 0 saturated carbocycles. The topological polar surface area (TPSA) is 60.8 Å². The van der Waals surface area contributed by atoms with Gasteiger partial charge in [0, 0.05) is 26.8 Å². The van der Waals surface area contributed by atoms with E-state index in [9.17, 15) is 9.59 Å². The van der Waals surface area contributed by atoms with Crippen LogP contribution in [0.3, 0.4) is 0 Å². The SMILES string of the molecule is CO[C@H]1CCCOC12CCN(C(=O)Cn1sc3ccccc3c1=O)CC2. The van der Waals surface area contributed by atoms with Crippen LogP contribution in [0.4, 0.5) is 0 Å². The normalized spacial score (nSPS) is 22.8. The van der Waals surface area contributed by atoms with Gasteiger partial charge in [-0.15, -0.1) is 0 Å². The van der Waals surface area contributed by atoms with Crippen LogP contribution < -0.4 is 5.56 Å². The first-order chi connectivity index (χ1) is 12.6. The largest absolute Gasteiger partial charge is 0.378 e. The third-order valence-corrected chi connectivity index (χ3v) is 6.73. The molecule has 2 aliphatic heterocycles. The molecule has 0 bridgehead atoms. The van der Waals surface area contributed by atoms with E-state index in [2.05, 4.69) is 0 Å². The zero-order valence-electron chi connectivity index (χ0n) is 15.0. The molecule has 4 rings (SSSR count). The maximum Gasteiger partial charge on any atom is 0.268 e. The van der Waals surface area contributed by atoms with E-state index in [0.717, 1.165) is 37.0 Å². The number of fused-ring (bicyclic) bond motifs is 1. The first-order valence-electron chi connectivity index (χ1n) is 9.16. The van der Waals surface area contributed by atoms with Crippen LogP contribution in [0.15, 0.2) is 29.1 Å². The first kappa shape index (κ1) is 17.7. The van der Waals surface area contributed by atoms with Crippen molar-refractivity contribution in [1.82, 2.24) is 8.86 Å². The van der Waals surface area contributed by atoms with Gasteiger partial charge in [-0.05, 0) is 37.8 Å². The maximum absolute atomic E-state index is 12.7. The van der Waals surface area contributed by atoms with Crippen LogP contribution in [0.1, 0.15) is 25.7 Å². The summed E-state index contributed by atoms with van der Waals surface area (Å²) >= 11 is 1.35. The van der Waals surface area contributed by atoms with Gasteiger partial charge in [0.2, 0.25) is 5.91 Å². The summed E-state index contributed by atoms with van der Waals surface area (Å²) in [5, 5.41) is 0.682. The van der Waals surface area contributed by atoms with Crippen molar-refractivity contribution in [2.24, 2.45) is 0 Å². The number of amides is 1. The number of aromatic nitrogens is 1. The van der Waals surface area contributed by atoms with Gasteiger partial charge >= 0.3 is 0 Å². The molecular formula is C19H24N2O4S. The van der Waals surface area contributed by atoms with Gasteiger partial charge in [-0.1, -0.05) is 23.7 Å². The number of carbonyl (C=O) groups excluding carboxylic acids is 1. The van der Waals surface area contributed by atoms with Crippen LogP contribution in [0, 0.1) is 0 Å². The Kier molecular flexibility index (Phi) is 4.86. The van der Waals surface area contributed by atoms with Gasteiger partial charge in [-0.3, -0.25) is 13.5 Å². The molecule has 1 aromatic heterocycles. The highest BCUT2D eigenvalue weighted by Gasteiger charge is 2.45. The Morgan fingerprint density at radius 1 is 1.35 bits per heavy atom. The standard InChI is InChI=1S/C19H24N2O4S/c1-24-16-7-4-12-25-19(16)8-10-20(11-9-19)17(22)13-21-18(23)14-5-2-3-6-15(14)26-21/h2-3,5-6,16H,4,7-13H2,1H3/t16-/m0/s1. The number of hydrogen-bond donors (Lipinski definition) is 0. The van der Waals surface area contributed by atoms with Crippen LogP contribution in [0.2, 0.25) is 0 Å². The second-order valence-electron chi connectivity index (χ2n) is 7.09. The molecule has 6 nitrogen and oxygen atoms in total. The highest BCUT2D eigenvalue weighted by atomic mass is 32.1. The predicted molar refractivity (Wildman–Crippen MR) is 101 cm³/mol. The summed E-state index contributed by atoms with van der Waals surface area (Å²) in [5.41, 5.74) is -0.333. The average Bonchev–Trinajstić information content (AvgIpc) is 2.98. The van der Waals surface area contributed by atoms with Crippen LogP contribution in [0.5, 0.6) is 0 Å². The zero-order chi connectivity index (χ0) is 18.1. The predicted octanol–water partition coefficient (Wildman–Crippen LogP) is 2.25. The second-order valence-corrected chi connectivity index (χ2v) is 8.15. The molecule has 1 aromatic carbocycles. The minimum atomic E-state index is -0.252. The van der Waals surface area contributed by atoms with Crippen molar-refractivity contribution >= 4 is 27.5 Å². The number of carbonyl (C=O) groups is 1. The van der Waals surface area contributed by atoms with E-state index in [4.69, 9.17) is 9.47 Å². The van der Waals surface area contributed by atoms with E-state index in [1.165, 1.54) is 11.5 Å². The Morgan fingerprint density at radius 3 is 2.85 bits per heavy atom. The average molecular weight is 376 g/mol. The van der Waals surface area contributed by atoms with Crippen LogP contribution in [-0.4, -0.2) is 53.3 Å². The number of rotatable bonds is 3. The summed E-state index contributed by atoms with van der Waals surface area (Å²) in [6.07, 6.45) is 3.73. The van der Waals surface area contributed by atoms with E-state index in [0.29, 0.717) is 18.5 Å². The molecule has 1 spiro atoms. The van der Waals surface area contributed by atoms with Crippen molar-refractivity contribution in [3.63, 3.8) is 0 Å². The Balaban J connectivity index is 1.43. The number of benzene rings is 1. The fourth-order valence-corrected chi connectivity index (χ4v) is 5.16. The molecule has 26 heavy (non-hydrogen) atoms. The third-order valence-electron chi connectivity index (χ3n) is 5.67. The lowest BCUT2D eigenvalue weighted by molar-refractivity contribution is -0.188. The molecule has 140 valence electrons. The Morgan fingerprint density at radius 2 is 2.12 bits per heavy atom. The van der Waals surface area contributed by atoms with Crippen LogP contribution in [-0.2, 0) is 20.8 Å². The minimum absolute atomic E-state index is 0.00159. The molecule has 7 heteroatoms. The molecule has 0 aliphatic carbocycles. The molecule has 2 aliphatic rings. The molecular weight excluding hydrogens is 352 g/mol. The first-order valence-corrected chi connectivity index (χ1v) is 9.94. The lowest BCUT2D eigenvalue weighted by atomic mass is 9.82. The van der Waals surface area contributed by atoms with E-state index < -0.39 is 0 Å².